The number of carbonyl (C=O) groups excluding carboxylic acids is 1. The van der Waals surface area contributed by atoms with Gasteiger partial charge in [-0.25, -0.2) is 8.42 Å². The zero-order valence-electron chi connectivity index (χ0n) is 16.8. The summed E-state index contributed by atoms with van der Waals surface area (Å²) < 4.78 is 67.7. The molecule has 4 rings (SSSR count). The second-order valence-electron chi connectivity index (χ2n) is 7.01. The molecule has 0 saturated heterocycles. The molecule has 0 aliphatic rings. The van der Waals surface area contributed by atoms with E-state index in [1.54, 1.807) is 30.3 Å². The van der Waals surface area contributed by atoms with Crippen LogP contribution in [0.3, 0.4) is 0 Å². The summed E-state index contributed by atoms with van der Waals surface area (Å²) in [4.78, 5) is 16.5. The molecule has 0 aliphatic heterocycles. The van der Waals surface area contributed by atoms with Gasteiger partial charge in [-0.1, -0.05) is 36.4 Å². The van der Waals surface area contributed by atoms with Crippen molar-refractivity contribution in [1.29, 1.82) is 0 Å². The van der Waals surface area contributed by atoms with Gasteiger partial charge >= 0.3 is 6.18 Å². The maximum atomic E-state index is 13.3. The number of pyridine rings is 1. The second-order valence-corrected chi connectivity index (χ2v) is 8.69. The van der Waals surface area contributed by atoms with Crippen molar-refractivity contribution in [1.82, 2.24) is 4.98 Å². The first-order valence-corrected chi connectivity index (χ1v) is 11.1. The largest absolute Gasteiger partial charge is 0.418 e. The predicted molar refractivity (Wildman–Crippen MR) is 118 cm³/mol. The molecule has 0 spiro atoms. The van der Waals surface area contributed by atoms with Gasteiger partial charge in [0, 0.05) is 22.8 Å². The van der Waals surface area contributed by atoms with Crippen molar-refractivity contribution in [2.45, 2.75) is 11.1 Å². The summed E-state index contributed by atoms with van der Waals surface area (Å²) in [5.41, 5.74) is -0.729. The maximum Gasteiger partial charge on any atom is 0.418 e. The standard InChI is InChI=1S/C23H16F3N3O3S/c24-23(25,26)19-11-5-10-18-20(12-13-27-21(18)19)28-22(30)15-6-4-9-17(14-15)33(31,32)29-16-7-2-1-3-8-16/h1-14,29H,(H,27,28,30). The van der Waals surface area contributed by atoms with Crippen molar-refractivity contribution in [2.24, 2.45) is 0 Å². The Morgan fingerprint density at radius 3 is 2.33 bits per heavy atom. The molecule has 1 aromatic heterocycles. The molecule has 168 valence electrons. The fourth-order valence-corrected chi connectivity index (χ4v) is 4.34. The quantitative estimate of drug-likeness (QED) is 0.413. The summed E-state index contributed by atoms with van der Waals surface area (Å²) >= 11 is 0. The number of anilines is 2. The number of carbonyl (C=O) groups is 1. The molecule has 1 amide bonds. The molecule has 33 heavy (non-hydrogen) atoms. The van der Waals surface area contributed by atoms with Gasteiger partial charge in [-0.05, 0) is 42.5 Å². The smallest absolute Gasteiger partial charge is 0.321 e. The van der Waals surface area contributed by atoms with Crippen LogP contribution in [-0.4, -0.2) is 19.3 Å². The van der Waals surface area contributed by atoms with Crippen molar-refractivity contribution in [2.75, 3.05) is 10.0 Å². The summed E-state index contributed by atoms with van der Waals surface area (Å²) in [7, 11) is -3.96. The van der Waals surface area contributed by atoms with E-state index in [0.717, 1.165) is 12.3 Å². The number of para-hydroxylation sites is 2. The van der Waals surface area contributed by atoms with Gasteiger partial charge in [0.25, 0.3) is 15.9 Å². The SMILES string of the molecule is O=C(Nc1ccnc2c(C(F)(F)F)cccc12)c1cccc(S(=O)(=O)Nc2ccccc2)c1. The van der Waals surface area contributed by atoms with Crippen LogP contribution in [0.1, 0.15) is 15.9 Å². The van der Waals surface area contributed by atoms with Gasteiger partial charge in [0.2, 0.25) is 0 Å². The lowest BCUT2D eigenvalue weighted by atomic mass is 10.1. The van der Waals surface area contributed by atoms with Gasteiger partial charge < -0.3 is 5.32 Å². The molecule has 3 aromatic carbocycles. The average molecular weight is 471 g/mol. The highest BCUT2D eigenvalue weighted by Crippen LogP contribution is 2.35. The van der Waals surface area contributed by atoms with Gasteiger partial charge in [-0.2, -0.15) is 13.2 Å². The van der Waals surface area contributed by atoms with E-state index in [2.05, 4.69) is 15.0 Å². The number of benzene rings is 3. The van der Waals surface area contributed by atoms with Gasteiger partial charge in [0.1, 0.15) is 0 Å². The Bertz CT molecular complexity index is 1440. The molecule has 10 heteroatoms. The van der Waals surface area contributed by atoms with E-state index in [9.17, 15) is 26.4 Å². The number of aromatic nitrogens is 1. The van der Waals surface area contributed by atoms with Crippen LogP contribution < -0.4 is 10.0 Å². The molecule has 6 nitrogen and oxygen atoms in total. The zero-order chi connectivity index (χ0) is 23.6. The number of nitrogens with zero attached hydrogens (tertiary/aromatic N) is 1. The van der Waals surface area contributed by atoms with E-state index in [1.807, 2.05) is 0 Å². The molecular formula is C23H16F3N3O3S. The molecule has 0 atom stereocenters. The topological polar surface area (TPSA) is 88.2 Å². The van der Waals surface area contributed by atoms with Gasteiger partial charge in [-0.15, -0.1) is 0 Å². The Morgan fingerprint density at radius 1 is 0.879 bits per heavy atom. The molecule has 2 N–H and O–H groups in total. The summed E-state index contributed by atoms with van der Waals surface area (Å²) in [6.45, 7) is 0. The van der Waals surface area contributed by atoms with Gasteiger partial charge in [0.15, 0.2) is 0 Å². The van der Waals surface area contributed by atoms with Gasteiger partial charge in [-0.3, -0.25) is 14.5 Å². The van der Waals surface area contributed by atoms with Crippen LogP contribution in [0.4, 0.5) is 24.5 Å². The average Bonchev–Trinajstić information content (AvgIpc) is 2.79. The summed E-state index contributed by atoms with van der Waals surface area (Å²) in [5.74, 6) is -0.684. The third-order valence-electron chi connectivity index (χ3n) is 4.76. The van der Waals surface area contributed by atoms with Crippen LogP contribution in [0, 0.1) is 0 Å². The molecule has 0 bridgehead atoms. The van der Waals surface area contributed by atoms with Crippen LogP contribution in [0.2, 0.25) is 0 Å². The molecule has 0 radical (unpaired) electrons. The lowest BCUT2D eigenvalue weighted by Gasteiger charge is -2.13. The minimum absolute atomic E-state index is 0.0166. The van der Waals surface area contributed by atoms with Crippen molar-refractivity contribution < 1.29 is 26.4 Å². The summed E-state index contributed by atoms with van der Waals surface area (Å²) in [6, 6.07) is 18.5. The van der Waals surface area contributed by atoms with Crippen molar-refractivity contribution in [3.63, 3.8) is 0 Å². The lowest BCUT2D eigenvalue weighted by molar-refractivity contribution is -0.136. The molecule has 0 fully saturated rings. The first kappa shape index (κ1) is 22.3. The monoisotopic (exact) mass is 471 g/mol. The molecule has 1 heterocycles. The van der Waals surface area contributed by atoms with Crippen LogP contribution in [0.15, 0.2) is 90.0 Å². The Labute approximate surface area is 187 Å². The number of alkyl halides is 3. The Hall–Kier alpha value is -3.92. The number of nitrogens with one attached hydrogen (secondary N) is 2. The fourth-order valence-electron chi connectivity index (χ4n) is 3.23. The molecule has 4 aromatic rings. The predicted octanol–water partition coefficient (Wildman–Crippen LogP) is 5.31. The highest BCUT2D eigenvalue weighted by Gasteiger charge is 2.33. The van der Waals surface area contributed by atoms with Crippen LogP contribution >= 0.6 is 0 Å². The van der Waals surface area contributed by atoms with E-state index in [-0.39, 0.29) is 27.0 Å². The van der Waals surface area contributed by atoms with Crippen molar-refractivity contribution >= 4 is 38.2 Å². The van der Waals surface area contributed by atoms with E-state index in [0.29, 0.717) is 5.69 Å². The number of fused-ring (bicyclic) bond motifs is 1. The summed E-state index contributed by atoms with van der Waals surface area (Å²) in [5, 5.41) is 2.65. The van der Waals surface area contributed by atoms with Crippen molar-refractivity contribution in [3.05, 3.63) is 96.2 Å². The Kier molecular flexibility index (Phi) is 5.77. The molecular weight excluding hydrogens is 455 g/mol. The van der Waals surface area contributed by atoms with E-state index in [1.165, 1.54) is 42.5 Å². The molecule has 0 saturated carbocycles. The fraction of sp³-hybridized carbons (Fsp3) is 0.0435. The number of hydrogen-bond donors (Lipinski definition) is 2. The Balaban J connectivity index is 1.63. The summed E-state index contributed by atoms with van der Waals surface area (Å²) in [6.07, 6.45) is -3.44. The highest BCUT2D eigenvalue weighted by atomic mass is 32.2. The third kappa shape index (κ3) is 4.80. The second kappa shape index (κ2) is 8.55. The molecule has 0 unspecified atom stereocenters. The molecule has 0 aliphatic carbocycles. The number of halogens is 3. The number of amides is 1. The lowest BCUT2D eigenvalue weighted by Crippen LogP contribution is -2.16. The normalized spacial score (nSPS) is 11.8. The minimum Gasteiger partial charge on any atom is -0.321 e. The van der Waals surface area contributed by atoms with Crippen LogP contribution in [0.5, 0.6) is 0 Å². The van der Waals surface area contributed by atoms with Crippen LogP contribution in [-0.2, 0) is 16.2 Å². The minimum atomic E-state index is -4.61. The zero-order valence-corrected chi connectivity index (χ0v) is 17.6. The third-order valence-corrected chi connectivity index (χ3v) is 6.14. The first-order valence-electron chi connectivity index (χ1n) is 9.59. The Morgan fingerprint density at radius 2 is 1.61 bits per heavy atom. The number of hydrogen-bond acceptors (Lipinski definition) is 4. The van der Waals surface area contributed by atoms with Crippen LogP contribution in [0.25, 0.3) is 10.9 Å². The first-order chi connectivity index (χ1) is 15.6. The van der Waals surface area contributed by atoms with E-state index >= 15 is 0 Å². The number of sulfonamides is 1. The highest BCUT2D eigenvalue weighted by molar-refractivity contribution is 7.92. The van der Waals surface area contributed by atoms with E-state index < -0.39 is 27.7 Å². The van der Waals surface area contributed by atoms with Crippen molar-refractivity contribution in [3.8, 4) is 0 Å². The number of rotatable bonds is 5. The maximum absolute atomic E-state index is 13.3. The van der Waals surface area contributed by atoms with E-state index in [4.69, 9.17) is 0 Å². The van der Waals surface area contributed by atoms with Gasteiger partial charge in [0.05, 0.1) is 21.7 Å².